The molecule has 1 amide bonds. The molecule has 1 atom stereocenters. The predicted octanol–water partition coefficient (Wildman–Crippen LogP) is 3.60. The van der Waals surface area contributed by atoms with Gasteiger partial charge >= 0.3 is 0 Å². The number of nitrogens with zero attached hydrogens (tertiary/aromatic N) is 1. The van der Waals surface area contributed by atoms with E-state index in [9.17, 15) is 4.79 Å². The highest BCUT2D eigenvalue weighted by Gasteiger charge is 2.00. The van der Waals surface area contributed by atoms with Crippen LogP contribution in [0.4, 0.5) is 0 Å². The van der Waals surface area contributed by atoms with Crippen molar-refractivity contribution in [3.63, 3.8) is 0 Å². The van der Waals surface area contributed by atoms with E-state index < -0.39 is 0 Å². The van der Waals surface area contributed by atoms with E-state index >= 15 is 0 Å². The minimum atomic E-state index is -0.0479. The summed E-state index contributed by atoms with van der Waals surface area (Å²) in [5.74, 6) is 1.38. The van der Waals surface area contributed by atoms with Crippen LogP contribution in [0, 0.1) is 0 Å². The summed E-state index contributed by atoms with van der Waals surface area (Å²) in [6.45, 7) is 6.49. The van der Waals surface area contributed by atoms with Crippen LogP contribution in [0.2, 0.25) is 0 Å². The monoisotopic (exact) mass is 340 g/mol. The lowest BCUT2D eigenvalue weighted by Gasteiger charge is -2.08. The molecule has 0 aliphatic heterocycles. The van der Waals surface area contributed by atoms with Crippen LogP contribution in [0.3, 0.4) is 0 Å². The fraction of sp³-hybridized carbons (Fsp3) is 0.300. The van der Waals surface area contributed by atoms with Crippen LogP contribution in [0.5, 0.6) is 11.6 Å². The molecule has 2 rings (SSSR count). The van der Waals surface area contributed by atoms with Gasteiger partial charge in [-0.05, 0) is 43.2 Å². The normalized spacial score (nSPS) is 12.0. The maximum Gasteiger partial charge on any atom is 0.217 e. The Morgan fingerprint density at radius 1 is 1.20 bits per heavy atom. The van der Waals surface area contributed by atoms with Crippen LogP contribution in [-0.4, -0.2) is 23.5 Å². The molecule has 0 aliphatic carbocycles. The van der Waals surface area contributed by atoms with E-state index in [-0.39, 0.29) is 11.9 Å². The highest BCUT2D eigenvalue weighted by atomic mass is 16.5. The second-order valence-electron chi connectivity index (χ2n) is 5.64. The summed E-state index contributed by atoms with van der Waals surface area (Å²) in [5.41, 5.74) is 2.00. The van der Waals surface area contributed by atoms with E-state index in [4.69, 9.17) is 9.47 Å². The lowest BCUT2D eigenvalue weighted by atomic mass is 10.2. The van der Waals surface area contributed by atoms with Gasteiger partial charge in [-0.15, -0.1) is 0 Å². The average molecular weight is 340 g/mol. The van der Waals surface area contributed by atoms with Gasteiger partial charge in [0.2, 0.25) is 11.8 Å². The number of amides is 1. The standard InChI is InChI=1S/C20H24N2O3/c1-4-24-19-10-7-18(8-11-19)14-25-20-12-9-17(13-21-20)6-5-15(2)22-16(3)23/h5-13,15H,4,14H2,1-3H3,(H,22,23)/t15-/m0/s1. The van der Waals surface area contributed by atoms with Gasteiger partial charge in [-0.1, -0.05) is 24.3 Å². The Hall–Kier alpha value is -2.82. The summed E-state index contributed by atoms with van der Waals surface area (Å²) >= 11 is 0. The summed E-state index contributed by atoms with van der Waals surface area (Å²) in [6.07, 6.45) is 5.58. The van der Waals surface area contributed by atoms with Crippen molar-refractivity contribution < 1.29 is 14.3 Å². The van der Waals surface area contributed by atoms with E-state index in [1.807, 2.05) is 62.4 Å². The predicted molar refractivity (Wildman–Crippen MR) is 98.5 cm³/mol. The van der Waals surface area contributed by atoms with Gasteiger partial charge in [0.25, 0.3) is 0 Å². The summed E-state index contributed by atoms with van der Waals surface area (Å²) in [5, 5.41) is 2.79. The number of nitrogens with one attached hydrogen (secondary N) is 1. The molecule has 25 heavy (non-hydrogen) atoms. The minimum Gasteiger partial charge on any atom is -0.494 e. The molecule has 0 saturated carbocycles. The summed E-state index contributed by atoms with van der Waals surface area (Å²) in [7, 11) is 0. The van der Waals surface area contributed by atoms with Crippen LogP contribution in [0.15, 0.2) is 48.7 Å². The third-order valence-corrected chi connectivity index (χ3v) is 3.39. The van der Waals surface area contributed by atoms with Crippen LogP contribution < -0.4 is 14.8 Å². The molecule has 0 unspecified atom stereocenters. The molecule has 0 bridgehead atoms. The largest absolute Gasteiger partial charge is 0.494 e. The number of pyridine rings is 1. The van der Waals surface area contributed by atoms with E-state index in [2.05, 4.69) is 10.3 Å². The molecular formula is C20H24N2O3. The second-order valence-corrected chi connectivity index (χ2v) is 5.64. The molecule has 2 aromatic rings. The number of hydrogen-bond acceptors (Lipinski definition) is 4. The first-order chi connectivity index (χ1) is 12.1. The maximum absolute atomic E-state index is 11.0. The van der Waals surface area contributed by atoms with E-state index in [1.54, 1.807) is 6.20 Å². The lowest BCUT2D eigenvalue weighted by molar-refractivity contribution is -0.119. The quantitative estimate of drug-likeness (QED) is 0.798. The number of benzene rings is 1. The zero-order valence-electron chi connectivity index (χ0n) is 14.9. The van der Waals surface area contributed by atoms with Crippen molar-refractivity contribution >= 4 is 12.0 Å². The molecule has 0 fully saturated rings. The number of aromatic nitrogens is 1. The molecule has 1 aromatic carbocycles. The van der Waals surface area contributed by atoms with Gasteiger partial charge < -0.3 is 14.8 Å². The molecular weight excluding hydrogens is 316 g/mol. The lowest BCUT2D eigenvalue weighted by Crippen LogP contribution is -2.28. The summed E-state index contributed by atoms with van der Waals surface area (Å²) in [6, 6.07) is 11.6. The second kappa shape index (κ2) is 9.47. The van der Waals surface area contributed by atoms with Crippen LogP contribution >= 0.6 is 0 Å². The highest BCUT2D eigenvalue weighted by molar-refractivity contribution is 5.73. The van der Waals surface area contributed by atoms with E-state index in [0.717, 1.165) is 16.9 Å². The number of carbonyl (C=O) groups is 1. The van der Waals surface area contributed by atoms with Crippen molar-refractivity contribution in [2.24, 2.45) is 0 Å². The van der Waals surface area contributed by atoms with Gasteiger partial charge in [0, 0.05) is 25.2 Å². The smallest absolute Gasteiger partial charge is 0.217 e. The molecule has 5 heteroatoms. The van der Waals surface area contributed by atoms with Crippen molar-refractivity contribution in [1.82, 2.24) is 10.3 Å². The molecule has 1 heterocycles. The number of rotatable bonds is 8. The van der Waals surface area contributed by atoms with Crippen molar-refractivity contribution in [2.45, 2.75) is 33.4 Å². The number of hydrogen-bond donors (Lipinski definition) is 1. The summed E-state index contributed by atoms with van der Waals surface area (Å²) < 4.78 is 11.1. The topological polar surface area (TPSA) is 60.5 Å². The third-order valence-electron chi connectivity index (χ3n) is 3.39. The average Bonchev–Trinajstić information content (AvgIpc) is 2.60. The summed E-state index contributed by atoms with van der Waals surface area (Å²) in [4.78, 5) is 15.3. The van der Waals surface area contributed by atoms with Gasteiger partial charge in [0.15, 0.2) is 0 Å². The fourth-order valence-corrected chi connectivity index (χ4v) is 2.21. The van der Waals surface area contributed by atoms with Crippen molar-refractivity contribution in [1.29, 1.82) is 0 Å². The van der Waals surface area contributed by atoms with Crippen LogP contribution in [0.1, 0.15) is 31.9 Å². The molecule has 1 aromatic heterocycles. The molecule has 1 N–H and O–H groups in total. The Morgan fingerprint density at radius 2 is 1.96 bits per heavy atom. The van der Waals surface area contributed by atoms with Crippen LogP contribution in [0.25, 0.3) is 6.08 Å². The molecule has 0 spiro atoms. The molecule has 0 saturated heterocycles. The Morgan fingerprint density at radius 3 is 2.56 bits per heavy atom. The van der Waals surface area contributed by atoms with Crippen molar-refractivity contribution in [2.75, 3.05) is 6.61 Å². The van der Waals surface area contributed by atoms with E-state index in [0.29, 0.717) is 19.1 Å². The van der Waals surface area contributed by atoms with Gasteiger partial charge in [-0.25, -0.2) is 4.98 Å². The molecule has 5 nitrogen and oxygen atoms in total. The third kappa shape index (κ3) is 6.67. The fourth-order valence-electron chi connectivity index (χ4n) is 2.21. The first-order valence-electron chi connectivity index (χ1n) is 8.32. The first-order valence-corrected chi connectivity index (χ1v) is 8.32. The molecule has 0 aliphatic rings. The maximum atomic E-state index is 11.0. The van der Waals surface area contributed by atoms with Gasteiger partial charge in [0.1, 0.15) is 12.4 Å². The van der Waals surface area contributed by atoms with Gasteiger partial charge in [-0.3, -0.25) is 4.79 Å². The van der Waals surface area contributed by atoms with Crippen molar-refractivity contribution in [3.05, 3.63) is 59.8 Å². The number of carbonyl (C=O) groups excluding carboxylic acids is 1. The first kappa shape index (κ1) is 18.5. The molecule has 132 valence electrons. The van der Waals surface area contributed by atoms with E-state index in [1.165, 1.54) is 6.92 Å². The Balaban J connectivity index is 1.85. The van der Waals surface area contributed by atoms with Gasteiger partial charge in [0.05, 0.1) is 6.61 Å². The van der Waals surface area contributed by atoms with Crippen LogP contribution in [-0.2, 0) is 11.4 Å². The zero-order chi connectivity index (χ0) is 18.1. The Kier molecular flexibility index (Phi) is 7.01. The zero-order valence-corrected chi connectivity index (χ0v) is 14.9. The highest BCUT2D eigenvalue weighted by Crippen LogP contribution is 2.15. The SMILES string of the molecule is CCOc1ccc(COc2ccc(C=C[C@H](C)NC(C)=O)cn2)cc1. The Labute approximate surface area is 148 Å². The number of ether oxygens (including phenoxy) is 2. The van der Waals surface area contributed by atoms with Gasteiger partial charge in [-0.2, -0.15) is 0 Å². The minimum absolute atomic E-state index is 0.0203. The van der Waals surface area contributed by atoms with Crippen molar-refractivity contribution in [3.8, 4) is 11.6 Å². The Bertz CT molecular complexity index is 694. The molecule has 0 radical (unpaired) electrons.